The topological polar surface area (TPSA) is 46.5 Å². The average Bonchev–Trinajstić information content (AvgIpc) is 2.93. The van der Waals surface area contributed by atoms with Crippen molar-refractivity contribution < 1.29 is 9.53 Å². The molecule has 1 amide bonds. The van der Waals surface area contributed by atoms with Crippen molar-refractivity contribution >= 4 is 22.5 Å². The van der Waals surface area contributed by atoms with Gasteiger partial charge in [-0.2, -0.15) is 0 Å². The first-order valence-corrected chi connectivity index (χ1v) is 8.85. The van der Waals surface area contributed by atoms with E-state index in [1.54, 1.807) is 0 Å². The SMILES string of the molecule is CN(C)CCn1ccc2ccc(-c3ccc4c(c3)COCC(=O)N4)cc21. The van der Waals surface area contributed by atoms with E-state index in [0.29, 0.717) is 6.61 Å². The maximum Gasteiger partial charge on any atom is 0.250 e. The third kappa shape index (κ3) is 3.36. The van der Waals surface area contributed by atoms with Crippen molar-refractivity contribution in [3.63, 3.8) is 0 Å². The van der Waals surface area contributed by atoms with Crippen LogP contribution in [0.4, 0.5) is 5.69 Å². The van der Waals surface area contributed by atoms with Gasteiger partial charge in [0.05, 0.1) is 6.61 Å². The number of carbonyl (C=O) groups excluding carboxylic acids is 1. The summed E-state index contributed by atoms with van der Waals surface area (Å²) in [7, 11) is 4.18. The summed E-state index contributed by atoms with van der Waals surface area (Å²) < 4.78 is 7.73. The average molecular weight is 349 g/mol. The summed E-state index contributed by atoms with van der Waals surface area (Å²) >= 11 is 0. The van der Waals surface area contributed by atoms with Gasteiger partial charge in [0, 0.05) is 36.1 Å². The lowest BCUT2D eigenvalue weighted by molar-refractivity contribution is -0.120. The van der Waals surface area contributed by atoms with Crippen LogP contribution in [0, 0.1) is 0 Å². The Morgan fingerprint density at radius 3 is 2.73 bits per heavy atom. The van der Waals surface area contributed by atoms with Crippen LogP contribution in [0.2, 0.25) is 0 Å². The third-order valence-electron chi connectivity index (χ3n) is 4.77. The van der Waals surface area contributed by atoms with Crippen molar-refractivity contribution in [2.24, 2.45) is 0 Å². The van der Waals surface area contributed by atoms with Crippen molar-refractivity contribution in [1.82, 2.24) is 9.47 Å². The van der Waals surface area contributed by atoms with E-state index in [2.05, 4.69) is 71.5 Å². The third-order valence-corrected chi connectivity index (χ3v) is 4.77. The normalized spacial score (nSPS) is 14.3. The summed E-state index contributed by atoms with van der Waals surface area (Å²) in [6.45, 7) is 2.52. The molecule has 0 fully saturated rings. The second-order valence-corrected chi connectivity index (χ2v) is 7.00. The van der Waals surface area contributed by atoms with Crippen molar-refractivity contribution in [3.05, 3.63) is 54.2 Å². The van der Waals surface area contributed by atoms with Gasteiger partial charge in [-0.1, -0.05) is 18.2 Å². The number of anilines is 1. The second-order valence-electron chi connectivity index (χ2n) is 7.00. The molecule has 2 aromatic carbocycles. The number of amides is 1. The zero-order valence-electron chi connectivity index (χ0n) is 15.2. The number of likely N-dealkylation sites (N-methyl/N-ethyl adjacent to an activating group) is 1. The Morgan fingerprint density at radius 1 is 1.08 bits per heavy atom. The summed E-state index contributed by atoms with van der Waals surface area (Å²) in [5.74, 6) is -0.100. The molecule has 0 saturated heterocycles. The zero-order chi connectivity index (χ0) is 18.1. The van der Waals surface area contributed by atoms with Crippen LogP contribution in [0.15, 0.2) is 48.7 Å². The maximum atomic E-state index is 11.6. The molecule has 0 bridgehead atoms. The van der Waals surface area contributed by atoms with Gasteiger partial charge in [0.15, 0.2) is 0 Å². The number of hydrogen-bond donors (Lipinski definition) is 1. The van der Waals surface area contributed by atoms with Gasteiger partial charge in [-0.05, 0) is 54.9 Å². The molecule has 0 unspecified atom stereocenters. The summed E-state index contributed by atoms with van der Waals surface area (Å²) in [5.41, 5.74) is 5.39. The molecule has 0 saturated carbocycles. The van der Waals surface area contributed by atoms with Crippen LogP contribution in [0.1, 0.15) is 5.56 Å². The molecule has 1 aliphatic rings. The molecule has 0 aliphatic carbocycles. The fraction of sp³-hybridized carbons (Fsp3) is 0.286. The fourth-order valence-electron chi connectivity index (χ4n) is 3.32. The van der Waals surface area contributed by atoms with Gasteiger partial charge in [-0.15, -0.1) is 0 Å². The molecule has 1 aliphatic heterocycles. The molecule has 5 heteroatoms. The van der Waals surface area contributed by atoms with E-state index < -0.39 is 0 Å². The maximum absolute atomic E-state index is 11.6. The largest absolute Gasteiger partial charge is 0.367 e. The molecule has 1 aromatic heterocycles. The Labute approximate surface area is 153 Å². The van der Waals surface area contributed by atoms with Crippen molar-refractivity contribution in [1.29, 1.82) is 0 Å². The van der Waals surface area contributed by atoms with Crippen LogP contribution < -0.4 is 5.32 Å². The molecule has 1 N–H and O–H groups in total. The van der Waals surface area contributed by atoms with E-state index in [1.807, 2.05) is 6.07 Å². The summed E-state index contributed by atoms with van der Waals surface area (Å²) in [5, 5.41) is 4.14. The quantitative estimate of drug-likeness (QED) is 0.786. The van der Waals surface area contributed by atoms with Gasteiger partial charge < -0.3 is 19.5 Å². The number of fused-ring (bicyclic) bond motifs is 2. The minimum Gasteiger partial charge on any atom is -0.367 e. The number of ether oxygens (including phenoxy) is 1. The van der Waals surface area contributed by atoms with Crippen LogP contribution in [0.3, 0.4) is 0 Å². The summed E-state index contributed by atoms with van der Waals surface area (Å²) in [6.07, 6.45) is 2.15. The molecule has 0 spiro atoms. The lowest BCUT2D eigenvalue weighted by Crippen LogP contribution is -2.17. The highest BCUT2D eigenvalue weighted by Gasteiger charge is 2.14. The molecule has 2 heterocycles. The highest BCUT2D eigenvalue weighted by molar-refractivity contribution is 5.93. The molecule has 4 rings (SSSR count). The first-order valence-electron chi connectivity index (χ1n) is 8.85. The van der Waals surface area contributed by atoms with E-state index in [0.717, 1.165) is 29.9 Å². The number of hydrogen-bond acceptors (Lipinski definition) is 3. The molecule has 134 valence electrons. The fourth-order valence-corrected chi connectivity index (χ4v) is 3.32. The van der Waals surface area contributed by atoms with Gasteiger partial charge >= 0.3 is 0 Å². The van der Waals surface area contributed by atoms with Crippen LogP contribution in [0.25, 0.3) is 22.0 Å². The van der Waals surface area contributed by atoms with Crippen molar-refractivity contribution in [2.75, 3.05) is 32.6 Å². The van der Waals surface area contributed by atoms with Gasteiger partial charge in [0.2, 0.25) is 5.91 Å². The van der Waals surface area contributed by atoms with Gasteiger partial charge in [-0.25, -0.2) is 0 Å². The van der Waals surface area contributed by atoms with Crippen LogP contribution >= 0.6 is 0 Å². The van der Waals surface area contributed by atoms with Crippen LogP contribution in [-0.4, -0.2) is 42.6 Å². The minimum atomic E-state index is -0.100. The summed E-state index contributed by atoms with van der Waals surface area (Å²) in [6, 6.07) is 14.8. The molecule has 5 nitrogen and oxygen atoms in total. The first kappa shape index (κ1) is 16.8. The highest BCUT2D eigenvalue weighted by atomic mass is 16.5. The van der Waals surface area contributed by atoms with Crippen molar-refractivity contribution in [3.8, 4) is 11.1 Å². The Hall–Kier alpha value is -2.63. The summed E-state index contributed by atoms with van der Waals surface area (Å²) in [4.78, 5) is 13.8. The van der Waals surface area contributed by atoms with E-state index in [9.17, 15) is 4.79 Å². The zero-order valence-corrected chi connectivity index (χ0v) is 15.2. The number of nitrogens with one attached hydrogen (secondary N) is 1. The van der Waals surface area contributed by atoms with Gasteiger partial charge in [0.25, 0.3) is 0 Å². The van der Waals surface area contributed by atoms with Crippen LogP contribution in [-0.2, 0) is 22.7 Å². The Morgan fingerprint density at radius 2 is 1.88 bits per heavy atom. The lowest BCUT2D eigenvalue weighted by Gasteiger charge is -2.12. The molecule has 0 atom stereocenters. The van der Waals surface area contributed by atoms with E-state index in [4.69, 9.17) is 4.74 Å². The van der Waals surface area contributed by atoms with Gasteiger partial charge in [-0.3, -0.25) is 4.79 Å². The predicted molar refractivity (Wildman–Crippen MR) is 104 cm³/mol. The standard InChI is InChI=1S/C21H23N3O2/c1-23(2)9-10-24-8-7-15-3-4-17(12-20(15)24)16-5-6-19-18(11-16)13-26-14-21(25)22-19/h3-8,11-12H,9-10,13-14H2,1-2H3,(H,22,25). The smallest absolute Gasteiger partial charge is 0.250 e. The Kier molecular flexibility index (Phi) is 4.49. The van der Waals surface area contributed by atoms with Crippen LogP contribution in [0.5, 0.6) is 0 Å². The molecule has 0 radical (unpaired) electrons. The van der Waals surface area contributed by atoms with Crippen molar-refractivity contribution in [2.45, 2.75) is 13.2 Å². The highest BCUT2D eigenvalue weighted by Crippen LogP contribution is 2.29. The van der Waals surface area contributed by atoms with E-state index >= 15 is 0 Å². The number of rotatable bonds is 4. The molecule has 26 heavy (non-hydrogen) atoms. The molecular weight excluding hydrogens is 326 g/mol. The van der Waals surface area contributed by atoms with E-state index in [1.165, 1.54) is 16.5 Å². The first-order chi connectivity index (χ1) is 12.6. The number of benzene rings is 2. The van der Waals surface area contributed by atoms with Gasteiger partial charge in [0.1, 0.15) is 6.61 Å². The monoisotopic (exact) mass is 349 g/mol. The minimum absolute atomic E-state index is 0.100. The van der Waals surface area contributed by atoms with E-state index in [-0.39, 0.29) is 12.5 Å². The molecule has 3 aromatic rings. The predicted octanol–water partition coefficient (Wildman–Crippen LogP) is 3.34. The Balaban J connectivity index is 1.69. The number of nitrogens with zero attached hydrogens (tertiary/aromatic N) is 2. The second kappa shape index (κ2) is 6.94. The molecular formula is C21H23N3O2. The Bertz CT molecular complexity index is 959. The lowest BCUT2D eigenvalue weighted by atomic mass is 10.0. The number of carbonyl (C=O) groups is 1. The number of aromatic nitrogens is 1.